The van der Waals surface area contributed by atoms with Gasteiger partial charge in [0.2, 0.25) is 0 Å². The highest BCUT2D eigenvalue weighted by Gasteiger charge is 1.97. The topological polar surface area (TPSA) is 12.9 Å². The molecule has 0 aliphatic carbocycles. The molecule has 11 heavy (non-hydrogen) atoms. The van der Waals surface area contributed by atoms with E-state index in [0.29, 0.717) is 0 Å². The second-order valence-electron chi connectivity index (χ2n) is 2.15. The molecular weight excluding hydrogens is 174 g/mol. The Labute approximate surface area is 73.7 Å². The van der Waals surface area contributed by atoms with Crippen LogP contribution in [0.4, 0.5) is 0 Å². The lowest BCUT2D eigenvalue weighted by Gasteiger charge is -1.81. The van der Waals surface area contributed by atoms with Gasteiger partial charge in [-0.05, 0) is 18.2 Å². The molecule has 0 atom stereocenters. The molecule has 1 nitrogen and oxygen atoms in total. The molecule has 0 bridgehead atoms. The lowest BCUT2D eigenvalue weighted by molar-refractivity contribution is 1.43. The largest absolute Gasteiger partial charge is 0.255 e. The molecule has 2 heterocycles. The number of aromatic nitrogens is 1. The van der Waals surface area contributed by atoms with E-state index in [2.05, 4.69) is 11.1 Å². The summed E-state index contributed by atoms with van der Waals surface area (Å²) in [5.74, 6) is 0. The van der Waals surface area contributed by atoms with Crippen LogP contribution >= 0.6 is 23.6 Å². The summed E-state index contributed by atoms with van der Waals surface area (Å²) in [6.45, 7) is 0. The van der Waals surface area contributed by atoms with Crippen molar-refractivity contribution in [1.82, 2.24) is 4.98 Å². The third-order valence-corrected chi connectivity index (χ3v) is 2.86. The van der Waals surface area contributed by atoms with Crippen LogP contribution in [-0.2, 0) is 0 Å². The van der Waals surface area contributed by atoms with Crippen molar-refractivity contribution in [2.24, 2.45) is 0 Å². The van der Waals surface area contributed by atoms with Crippen molar-refractivity contribution in [3.8, 4) is 0 Å². The molecule has 0 saturated carbocycles. The smallest absolute Gasteiger partial charge is 0.0816 e. The summed E-state index contributed by atoms with van der Waals surface area (Å²) in [5.41, 5.74) is 1.04. The first-order valence-electron chi connectivity index (χ1n) is 3.20. The Morgan fingerprint density at radius 3 is 3.18 bits per heavy atom. The van der Waals surface area contributed by atoms with Crippen LogP contribution < -0.4 is 0 Å². The fraction of sp³-hybridized carbons (Fsp3) is 0. The van der Waals surface area contributed by atoms with Crippen molar-refractivity contribution in [2.45, 2.75) is 0 Å². The van der Waals surface area contributed by atoms with Crippen LogP contribution in [0.2, 0.25) is 0 Å². The maximum Gasteiger partial charge on any atom is 0.0816 e. The summed E-state index contributed by atoms with van der Waals surface area (Å²) in [6, 6.07) is 5.99. The minimum atomic E-state index is 1.04. The highest BCUT2D eigenvalue weighted by Crippen LogP contribution is 2.21. The van der Waals surface area contributed by atoms with Crippen LogP contribution in [0.25, 0.3) is 10.2 Å². The van der Waals surface area contributed by atoms with Crippen molar-refractivity contribution in [1.29, 1.82) is 0 Å². The van der Waals surface area contributed by atoms with Gasteiger partial charge in [-0.25, -0.2) is 0 Å². The normalized spacial score (nSPS) is 10.2. The minimum absolute atomic E-state index is 1.04. The van der Waals surface area contributed by atoms with Gasteiger partial charge in [0, 0.05) is 16.4 Å². The van der Waals surface area contributed by atoms with E-state index in [9.17, 15) is 0 Å². The van der Waals surface area contributed by atoms with E-state index in [1.807, 2.05) is 12.1 Å². The van der Waals surface area contributed by atoms with Crippen LogP contribution in [0, 0.1) is 0 Å². The van der Waals surface area contributed by atoms with E-state index >= 15 is 0 Å². The Hall–Kier alpha value is -0.800. The predicted octanol–water partition coefficient (Wildman–Crippen LogP) is 2.64. The van der Waals surface area contributed by atoms with Gasteiger partial charge >= 0.3 is 0 Å². The number of nitrogens with zero attached hydrogens (tertiary/aromatic N) is 1. The Balaban J connectivity index is 2.78. The summed E-state index contributed by atoms with van der Waals surface area (Å²) >= 11 is 6.49. The molecule has 2 aromatic heterocycles. The van der Waals surface area contributed by atoms with Gasteiger partial charge in [0.1, 0.15) is 0 Å². The molecule has 0 N–H and O–H groups in total. The molecule has 0 spiro atoms. The van der Waals surface area contributed by atoms with Crippen molar-refractivity contribution in [3.63, 3.8) is 0 Å². The van der Waals surface area contributed by atoms with Crippen LogP contribution in [0.1, 0.15) is 4.88 Å². The molecule has 0 fully saturated rings. The monoisotopic (exact) mass is 179 g/mol. The first kappa shape index (κ1) is 6.88. The lowest BCUT2D eigenvalue weighted by Crippen LogP contribution is -1.67. The van der Waals surface area contributed by atoms with Gasteiger partial charge in [-0.3, -0.25) is 4.98 Å². The molecule has 0 aliphatic heterocycles. The fourth-order valence-electron chi connectivity index (χ4n) is 0.947. The third kappa shape index (κ3) is 1.17. The second kappa shape index (κ2) is 2.68. The van der Waals surface area contributed by atoms with Crippen LogP contribution in [0.3, 0.4) is 0 Å². The van der Waals surface area contributed by atoms with E-state index in [0.717, 1.165) is 10.4 Å². The van der Waals surface area contributed by atoms with E-state index < -0.39 is 0 Å². The van der Waals surface area contributed by atoms with Crippen molar-refractivity contribution in [2.75, 3.05) is 0 Å². The molecule has 0 amide bonds. The van der Waals surface area contributed by atoms with Gasteiger partial charge in [-0.1, -0.05) is 12.2 Å². The first-order valence-corrected chi connectivity index (χ1v) is 4.49. The van der Waals surface area contributed by atoms with E-state index in [1.54, 1.807) is 22.9 Å². The van der Waals surface area contributed by atoms with Crippen molar-refractivity contribution < 1.29 is 0 Å². The highest BCUT2D eigenvalue weighted by atomic mass is 32.1. The predicted molar refractivity (Wildman–Crippen MR) is 52.4 cm³/mol. The maximum atomic E-state index is 4.82. The average Bonchev–Trinajstić information content (AvgIpc) is 2.46. The quantitative estimate of drug-likeness (QED) is 0.624. The molecule has 54 valence electrons. The zero-order chi connectivity index (χ0) is 7.68. The molecule has 0 aromatic carbocycles. The number of fused-ring (bicyclic) bond motifs is 1. The zero-order valence-electron chi connectivity index (χ0n) is 5.65. The number of rotatable bonds is 1. The highest BCUT2D eigenvalue weighted by molar-refractivity contribution is 7.79. The van der Waals surface area contributed by atoms with Gasteiger partial charge in [0.15, 0.2) is 0 Å². The van der Waals surface area contributed by atoms with E-state index in [1.165, 1.54) is 4.70 Å². The van der Waals surface area contributed by atoms with Gasteiger partial charge in [0.05, 0.1) is 10.2 Å². The Bertz CT molecular complexity index is 359. The second-order valence-corrected chi connectivity index (χ2v) is 3.50. The zero-order valence-corrected chi connectivity index (χ0v) is 7.28. The minimum Gasteiger partial charge on any atom is -0.255 e. The number of pyridine rings is 1. The third-order valence-electron chi connectivity index (χ3n) is 1.42. The van der Waals surface area contributed by atoms with Gasteiger partial charge in [0.25, 0.3) is 0 Å². The number of thiocarbonyl (C=S) groups is 1. The molecule has 0 saturated heterocycles. The SMILES string of the molecule is S=Cc1cc2ncccc2s1. The van der Waals surface area contributed by atoms with Crippen LogP contribution in [0.15, 0.2) is 24.4 Å². The van der Waals surface area contributed by atoms with Crippen molar-refractivity contribution >= 4 is 39.1 Å². The molecule has 0 radical (unpaired) electrons. The number of hydrogen-bond acceptors (Lipinski definition) is 3. The van der Waals surface area contributed by atoms with Crippen molar-refractivity contribution in [3.05, 3.63) is 29.3 Å². The standard InChI is InChI=1S/C8H5NS2/c10-5-6-4-7-8(11-6)2-1-3-9-7/h1-5H. The number of hydrogen-bond donors (Lipinski definition) is 0. The van der Waals surface area contributed by atoms with E-state index in [4.69, 9.17) is 12.2 Å². The lowest BCUT2D eigenvalue weighted by atomic mass is 10.4. The Morgan fingerprint density at radius 1 is 1.55 bits per heavy atom. The molecule has 2 aromatic rings. The summed E-state index contributed by atoms with van der Waals surface area (Å²) in [6.07, 6.45) is 1.79. The molecule has 2 rings (SSSR count). The first-order chi connectivity index (χ1) is 5.40. The van der Waals surface area contributed by atoms with Crippen LogP contribution in [0.5, 0.6) is 0 Å². The molecular formula is C8H5NS2. The summed E-state index contributed by atoms with van der Waals surface area (Å²) in [5, 5.41) is 1.69. The summed E-state index contributed by atoms with van der Waals surface area (Å²) in [7, 11) is 0. The number of thiophene rings is 1. The summed E-state index contributed by atoms with van der Waals surface area (Å²) < 4.78 is 1.20. The Kier molecular flexibility index (Phi) is 1.68. The Morgan fingerprint density at radius 2 is 2.45 bits per heavy atom. The van der Waals surface area contributed by atoms with Gasteiger partial charge in [-0.15, -0.1) is 11.3 Å². The average molecular weight is 179 g/mol. The molecule has 0 aliphatic rings. The van der Waals surface area contributed by atoms with Crippen LogP contribution in [-0.4, -0.2) is 10.4 Å². The molecule has 3 heteroatoms. The molecule has 0 unspecified atom stereocenters. The van der Waals surface area contributed by atoms with Gasteiger partial charge in [-0.2, -0.15) is 0 Å². The fourth-order valence-corrected chi connectivity index (χ4v) is 1.99. The summed E-state index contributed by atoms with van der Waals surface area (Å²) in [4.78, 5) is 5.30. The van der Waals surface area contributed by atoms with Gasteiger partial charge < -0.3 is 0 Å². The van der Waals surface area contributed by atoms with E-state index in [-0.39, 0.29) is 0 Å². The maximum absolute atomic E-state index is 4.82.